The minimum atomic E-state index is -4.49. The second-order valence-corrected chi connectivity index (χ2v) is 29.7. The van der Waals surface area contributed by atoms with E-state index in [1.807, 2.05) is 0 Å². The molecule has 10 aromatic rings. The van der Waals surface area contributed by atoms with Crippen LogP contribution in [0.15, 0.2) is 158 Å². The highest BCUT2D eigenvalue weighted by molar-refractivity contribution is 7.80. The number of nitrogens with one attached hydrogen (secondary N) is 5. The second-order valence-electron chi connectivity index (χ2n) is 28.8. The fraction of sp³-hybridized carbons (Fsp3) is 0.388. The van der Waals surface area contributed by atoms with Gasteiger partial charge in [0.15, 0.2) is 10.2 Å². The first-order valence-electron chi connectivity index (χ1n) is 34.5. The maximum absolute atomic E-state index is 14.8. The molecular formula is C80H79F6N5O5S2. The van der Waals surface area contributed by atoms with E-state index in [0.717, 1.165) is 71.8 Å². The number of aryl methyl sites for hydroxylation is 2. The van der Waals surface area contributed by atoms with Crippen LogP contribution in [-0.2, 0) is 49.1 Å². The van der Waals surface area contributed by atoms with Gasteiger partial charge in [0.25, 0.3) is 0 Å². The van der Waals surface area contributed by atoms with Crippen LogP contribution in [0.4, 0.5) is 37.7 Å². The zero-order valence-corrected chi connectivity index (χ0v) is 56.6. The molecule has 98 heavy (non-hydrogen) atoms. The van der Waals surface area contributed by atoms with E-state index in [9.17, 15) is 40.7 Å². The molecule has 0 radical (unpaired) electrons. The van der Waals surface area contributed by atoms with Crippen molar-refractivity contribution in [3.8, 4) is 0 Å². The highest BCUT2D eigenvalue weighted by Gasteiger charge is 2.68. The number of esters is 2. The van der Waals surface area contributed by atoms with E-state index in [-0.39, 0.29) is 89.2 Å². The average molecular weight is 1370 g/mol. The van der Waals surface area contributed by atoms with Crippen molar-refractivity contribution in [3.05, 3.63) is 180 Å². The Morgan fingerprint density at radius 1 is 0.541 bits per heavy atom. The number of benzene rings is 10. The summed E-state index contributed by atoms with van der Waals surface area (Å²) in [7, 11) is 0. The zero-order valence-electron chi connectivity index (χ0n) is 54.9. The summed E-state index contributed by atoms with van der Waals surface area (Å²) in [4.78, 5) is 43.2. The number of hydrazine groups is 1. The Morgan fingerprint density at radius 3 is 1.51 bits per heavy atom. The molecule has 14 rings (SSSR count). The quantitative estimate of drug-likeness (QED) is 0.0196. The molecule has 10 aromatic carbocycles. The average Bonchev–Trinajstić information content (AvgIpc) is 1.55. The third kappa shape index (κ3) is 13.3. The van der Waals surface area contributed by atoms with Crippen molar-refractivity contribution in [1.29, 1.82) is 0 Å². The smallest absolute Gasteiger partial charge is 0.416 e. The molecule has 18 heteroatoms. The lowest BCUT2D eigenvalue weighted by Gasteiger charge is -2.64. The number of amides is 1. The van der Waals surface area contributed by atoms with Gasteiger partial charge in [-0.15, -0.1) is 0 Å². The summed E-state index contributed by atoms with van der Waals surface area (Å²) in [6.07, 6.45) is -1.35. The van der Waals surface area contributed by atoms with Gasteiger partial charge in [0.05, 0.1) is 11.1 Å². The number of carbonyl (C=O) groups is 3. The Bertz CT molecular complexity index is 4540. The highest BCUT2D eigenvalue weighted by Crippen LogP contribution is 2.69. The first-order chi connectivity index (χ1) is 47.0. The lowest BCUT2D eigenvalue weighted by atomic mass is 9.43. The summed E-state index contributed by atoms with van der Waals surface area (Å²) in [6.45, 7) is 6.82. The van der Waals surface area contributed by atoms with Crippen molar-refractivity contribution in [3.63, 3.8) is 0 Å². The molecule has 508 valence electrons. The summed E-state index contributed by atoms with van der Waals surface area (Å²) in [5.41, 5.74) is 5.98. The number of fused-ring (bicyclic) bond motifs is 5. The fourth-order valence-corrected chi connectivity index (χ4v) is 19.0. The normalized spacial score (nSPS) is 24.3. The molecule has 0 saturated heterocycles. The van der Waals surface area contributed by atoms with Crippen LogP contribution < -0.4 is 26.8 Å². The van der Waals surface area contributed by atoms with E-state index in [4.69, 9.17) is 33.9 Å². The molecule has 0 spiro atoms. The maximum Gasteiger partial charge on any atom is 0.416 e. The summed E-state index contributed by atoms with van der Waals surface area (Å²) >= 11 is 11.2. The first kappa shape index (κ1) is 66.9. The molecule has 4 saturated carbocycles. The molecule has 1 amide bonds. The summed E-state index contributed by atoms with van der Waals surface area (Å²) < 4.78 is 94.3. The molecule has 0 bridgehead atoms. The van der Waals surface area contributed by atoms with Crippen LogP contribution in [0.5, 0.6) is 0 Å². The van der Waals surface area contributed by atoms with Crippen molar-refractivity contribution >= 4 is 129 Å². The maximum atomic E-state index is 14.8. The van der Waals surface area contributed by atoms with E-state index >= 15 is 0 Å². The van der Waals surface area contributed by atoms with Crippen LogP contribution in [0.25, 0.3) is 64.6 Å². The number of halogens is 6. The van der Waals surface area contributed by atoms with Crippen LogP contribution in [0, 0.1) is 46.3 Å². The molecule has 11 atom stereocenters. The number of anilines is 2. The number of thiocarbonyl (C=S) groups is 2. The summed E-state index contributed by atoms with van der Waals surface area (Å²) in [6, 6.07) is 48.3. The van der Waals surface area contributed by atoms with E-state index in [0.29, 0.717) is 67.9 Å². The van der Waals surface area contributed by atoms with Gasteiger partial charge in [-0.1, -0.05) is 130 Å². The summed E-state index contributed by atoms with van der Waals surface area (Å²) in [5.74, 6) is -0.942. The van der Waals surface area contributed by atoms with Crippen molar-refractivity contribution in [2.75, 3.05) is 10.6 Å². The molecule has 0 aromatic heterocycles. The first-order valence-corrected chi connectivity index (χ1v) is 35.3. The fourth-order valence-electron chi connectivity index (χ4n) is 18.5. The Hall–Kier alpha value is -8.35. The van der Waals surface area contributed by atoms with Crippen LogP contribution in [-0.4, -0.2) is 46.3 Å². The lowest BCUT2D eigenvalue weighted by Crippen LogP contribution is -2.64. The minimum Gasteiger partial charge on any atom is -0.462 e. The third-order valence-electron chi connectivity index (χ3n) is 23.2. The molecule has 0 unspecified atom stereocenters. The number of ether oxygens (including phenoxy) is 2. The van der Waals surface area contributed by atoms with Gasteiger partial charge in [-0.2, -0.15) is 26.3 Å². The molecule has 0 aliphatic heterocycles. The Labute approximate surface area is 576 Å². The Balaban J connectivity index is 0.714. The molecule has 4 fully saturated rings. The molecule has 5 N–H and O–H groups in total. The van der Waals surface area contributed by atoms with Gasteiger partial charge in [-0.3, -0.25) is 25.2 Å². The number of hydrogen-bond donors (Lipinski definition) is 5. The minimum absolute atomic E-state index is 0.000236. The van der Waals surface area contributed by atoms with Crippen molar-refractivity contribution in [1.82, 2.24) is 16.2 Å². The van der Waals surface area contributed by atoms with Gasteiger partial charge in [0, 0.05) is 48.0 Å². The van der Waals surface area contributed by atoms with Crippen molar-refractivity contribution in [2.24, 2.45) is 46.3 Å². The van der Waals surface area contributed by atoms with Gasteiger partial charge >= 0.3 is 24.3 Å². The van der Waals surface area contributed by atoms with E-state index in [1.54, 1.807) is 0 Å². The van der Waals surface area contributed by atoms with Crippen LogP contribution >= 0.6 is 24.4 Å². The largest absolute Gasteiger partial charge is 0.462 e. The topological polar surface area (TPSA) is 130 Å². The van der Waals surface area contributed by atoms with Gasteiger partial charge < -0.3 is 25.4 Å². The molecule has 4 aliphatic rings. The zero-order chi connectivity index (χ0) is 68.4. The highest BCUT2D eigenvalue weighted by atomic mass is 32.1. The van der Waals surface area contributed by atoms with E-state index < -0.39 is 41.1 Å². The number of rotatable bonds is 17. The summed E-state index contributed by atoms with van der Waals surface area (Å²) in [5, 5.41) is 24.2. The van der Waals surface area contributed by atoms with Gasteiger partial charge in [0.2, 0.25) is 5.91 Å². The molecule has 4 aliphatic carbocycles. The van der Waals surface area contributed by atoms with Crippen molar-refractivity contribution < 1.29 is 50.2 Å². The predicted octanol–water partition coefficient (Wildman–Crippen LogP) is 19.4. The van der Waals surface area contributed by atoms with E-state index in [1.165, 1.54) is 78.1 Å². The number of alkyl halides is 6. The van der Waals surface area contributed by atoms with Crippen LogP contribution in [0.2, 0.25) is 0 Å². The molecule has 0 heterocycles. The second kappa shape index (κ2) is 26.7. The van der Waals surface area contributed by atoms with Gasteiger partial charge in [-0.05, 0) is 261 Å². The van der Waals surface area contributed by atoms with Crippen LogP contribution in [0.3, 0.4) is 0 Å². The van der Waals surface area contributed by atoms with Crippen molar-refractivity contribution in [2.45, 2.75) is 148 Å². The number of carbonyl (C=O) groups excluding carboxylic acids is 3. The Morgan fingerprint density at radius 2 is 1.01 bits per heavy atom. The van der Waals surface area contributed by atoms with Crippen LogP contribution in [0.1, 0.15) is 126 Å². The predicted molar refractivity (Wildman–Crippen MR) is 384 cm³/mol. The Kier molecular flexibility index (Phi) is 18.2. The SMILES string of the molecule is C[C@H](CCC(=O)NNC(=S)Nc1ccc(C(F)(F)F)cc1)[C@H]1CC[C@H]2[C@@H]3[C@H](OC(=O)CCCc4cc5ccc6cccc7ccc(c4)c5c67)C[C@@H]4C[C@H](NC(=S)Nc5ccc(C(F)(F)F)cc5)CC[C@]4(C)[C@H]3C[C@H](OC(=O)CCCc3cc4ccc5cccc6ccc(c3)c4c56)[C@]12C. The van der Waals surface area contributed by atoms with E-state index in [2.05, 4.69) is 157 Å². The lowest BCUT2D eigenvalue weighted by molar-refractivity contribution is -0.222. The molecule has 10 nitrogen and oxygen atoms in total. The third-order valence-corrected chi connectivity index (χ3v) is 23.6. The standard InChI is InChI=1S/C80H79F6N5O5S2/c1-45(16-35-67(92)90-91-76(98)88-60-31-27-57(28-32-60)80(84,85)86)62-33-34-63-74-64(44-66(78(62,63)3)96-69(94)15-5-9-47-40-54-23-19-50-12-7-13-51-20-24-55(41-47)73(54)71(50)51)77(2)37-36-61(89-75(97)87-59-29-25-56(26-30-59)79(81,82)83)42-58(77)43-65(74)95-68(93)14-4-8-46-38-52-21-17-48-10-6-11-49-18-22-53(39-46)72(52)70(48)49/h6-7,10-13,17-32,38-41,45,58,61-66,74H,4-5,8-9,14-16,33-37,42-44H2,1-3H3,(H,90,92)(H2,87,89,97)(H2,88,91,98)/t45-,58+,61-,62-,63+,64+,65-,66+,74+,77+,78-/m1/s1. The number of hydrogen-bond acceptors (Lipinski definition) is 7. The van der Waals surface area contributed by atoms with Gasteiger partial charge in [0.1, 0.15) is 12.2 Å². The molecular weight excluding hydrogens is 1290 g/mol. The van der Waals surface area contributed by atoms with Gasteiger partial charge in [-0.25, -0.2) is 0 Å². The monoisotopic (exact) mass is 1370 g/mol.